The Hall–Kier alpha value is -1.79. The standard InChI is InChI=1S/C18H21N3OS2/c1-13(15-6-4-7-16(12-15)22-3)24-18-20-19-14(2)21(18)10-9-17-8-5-11-23-17/h4-8,11-13H,9-10H2,1-3H3/t13-/m0/s1. The number of benzene rings is 1. The summed E-state index contributed by atoms with van der Waals surface area (Å²) >= 11 is 3.53. The van der Waals surface area contributed by atoms with Crippen molar-refractivity contribution in [3.05, 3.63) is 58.0 Å². The molecule has 0 unspecified atom stereocenters. The van der Waals surface area contributed by atoms with E-state index in [4.69, 9.17) is 4.74 Å². The zero-order chi connectivity index (χ0) is 16.9. The van der Waals surface area contributed by atoms with Crippen LogP contribution >= 0.6 is 23.1 Å². The van der Waals surface area contributed by atoms with Crippen molar-refractivity contribution in [3.63, 3.8) is 0 Å². The van der Waals surface area contributed by atoms with Gasteiger partial charge in [0.1, 0.15) is 11.6 Å². The summed E-state index contributed by atoms with van der Waals surface area (Å²) in [5, 5.41) is 12.0. The molecule has 3 aromatic rings. The molecule has 0 aliphatic rings. The van der Waals surface area contributed by atoms with E-state index >= 15 is 0 Å². The minimum Gasteiger partial charge on any atom is -0.497 e. The number of thiophene rings is 1. The second-order valence-electron chi connectivity index (χ2n) is 5.55. The van der Waals surface area contributed by atoms with Gasteiger partial charge in [0.2, 0.25) is 0 Å². The molecule has 0 amide bonds. The third kappa shape index (κ3) is 3.99. The molecule has 0 aliphatic carbocycles. The fourth-order valence-electron chi connectivity index (χ4n) is 2.50. The van der Waals surface area contributed by atoms with Crippen LogP contribution in [0.15, 0.2) is 46.9 Å². The van der Waals surface area contributed by atoms with Crippen LogP contribution in [0, 0.1) is 6.92 Å². The number of methoxy groups -OCH3 is 1. The Morgan fingerprint density at radius 1 is 1.25 bits per heavy atom. The number of ether oxygens (including phenoxy) is 1. The molecule has 2 aromatic heterocycles. The minimum atomic E-state index is 0.282. The van der Waals surface area contributed by atoms with E-state index in [1.54, 1.807) is 30.2 Å². The largest absolute Gasteiger partial charge is 0.497 e. The normalized spacial score (nSPS) is 12.3. The number of nitrogens with zero attached hydrogens (tertiary/aromatic N) is 3. The number of thioether (sulfide) groups is 1. The van der Waals surface area contributed by atoms with Crippen LogP contribution in [0.4, 0.5) is 0 Å². The summed E-state index contributed by atoms with van der Waals surface area (Å²) < 4.78 is 7.53. The Balaban J connectivity index is 1.72. The molecule has 1 aromatic carbocycles. The first-order valence-electron chi connectivity index (χ1n) is 7.90. The van der Waals surface area contributed by atoms with E-state index in [-0.39, 0.29) is 5.25 Å². The molecule has 0 radical (unpaired) electrons. The first kappa shape index (κ1) is 17.0. The highest BCUT2D eigenvalue weighted by Gasteiger charge is 2.15. The molecule has 0 saturated carbocycles. The van der Waals surface area contributed by atoms with Gasteiger partial charge in [-0.05, 0) is 49.4 Å². The Kier molecular flexibility index (Phi) is 5.58. The maximum absolute atomic E-state index is 5.32. The zero-order valence-electron chi connectivity index (χ0n) is 14.1. The lowest BCUT2D eigenvalue weighted by Gasteiger charge is -2.13. The van der Waals surface area contributed by atoms with Crippen LogP contribution < -0.4 is 4.74 Å². The molecule has 6 heteroatoms. The topological polar surface area (TPSA) is 39.9 Å². The van der Waals surface area contributed by atoms with Gasteiger partial charge >= 0.3 is 0 Å². The summed E-state index contributed by atoms with van der Waals surface area (Å²) in [5.41, 5.74) is 1.23. The van der Waals surface area contributed by atoms with Gasteiger partial charge in [0.05, 0.1) is 7.11 Å². The SMILES string of the molecule is COc1cccc([C@H](C)Sc2nnc(C)n2CCc2cccs2)c1. The number of aromatic nitrogens is 3. The predicted molar refractivity (Wildman–Crippen MR) is 100 cm³/mol. The minimum absolute atomic E-state index is 0.282. The first-order chi connectivity index (χ1) is 11.7. The number of rotatable bonds is 7. The van der Waals surface area contributed by atoms with Crippen LogP contribution in [0.3, 0.4) is 0 Å². The molecule has 126 valence electrons. The zero-order valence-corrected chi connectivity index (χ0v) is 15.7. The molecule has 2 heterocycles. The number of hydrogen-bond donors (Lipinski definition) is 0. The van der Waals surface area contributed by atoms with Gasteiger partial charge in [-0.1, -0.05) is 30.0 Å². The Bertz CT molecular complexity index is 783. The summed E-state index contributed by atoms with van der Waals surface area (Å²) in [4.78, 5) is 1.39. The molecule has 0 aliphatic heterocycles. The van der Waals surface area contributed by atoms with E-state index in [1.807, 2.05) is 19.1 Å². The van der Waals surface area contributed by atoms with E-state index in [9.17, 15) is 0 Å². The van der Waals surface area contributed by atoms with Gasteiger partial charge in [0, 0.05) is 16.7 Å². The van der Waals surface area contributed by atoms with Crippen molar-refractivity contribution in [2.45, 2.75) is 37.2 Å². The van der Waals surface area contributed by atoms with Crippen LogP contribution in [0.25, 0.3) is 0 Å². The maximum atomic E-state index is 5.32. The third-order valence-electron chi connectivity index (χ3n) is 3.91. The van der Waals surface area contributed by atoms with E-state index in [2.05, 4.69) is 51.3 Å². The van der Waals surface area contributed by atoms with E-state index < -0.39 is 0 Å². The second kappa shape index (κ2) is 7.85. The molecule has 4 nitrogen and oxygen atoms in total. The third-order valence-corrected chi connectivity index (χ3v) is 5.98. The highest BCUT2D eigenvalue weighted by atomic mass is 32.2. The van der Waals surface area contributed by atoms with Gasteiger partial charge in [0.25, 0.3) is 0 Å². The van der Waals surface area contributed by atoms with Gasteiger partial charge in [-0.2, -0.15) is 0 Å². The lowest BCUT2D eigenvalue weighted by Crippen LogP contribution is -2.05. The molecule has 3 rings (SSSR count). The molecule has 0 N–H and O–H groups in total. The summed E-state index contributed by atoms with van der Waals surface area (Å²) in [6.45, 7) is 5.11. The molecule has 0 saturated heterocycles. The lowest BCUT2D eigenvalue weighted by molar-refractivity contribution is 0.414. The molecule has 24 heavy (non-hydrogen) atoms. The van der Waals surface area contributed by atoms with Crippen molar-refractivity contribution in [2.24, 2.45) is 0 Å². The Morgan fingerprint density at radius 2 is 2.12 bits per heavy atom. The second-order valence-corrected chi connectivity index (χ2v) is 7.89. The highest BCUT2D eigenvalue weighted by molar-refractivity contribution is 7.99. The molecular formula is C18H21N3OS2. The Morgan fingerprint density at radius 3 is 2.88 bits per heavy atom. The summed E-state index contributed by atoms with van der Waals surface area (Å²) in [7, 11) is 1.70. The van der Waals surface area contributed by atoms with Crippen LogP contribution in [-0.2, 0) is 13.0 Å². The van der Waals surface area contributed by atoms with Crippen molar-refractivity contribution in [2.75, 3.05) is 7.11 Å². The summed E-state index contributed by atoms with van der Waals surface area (Å²) in [5.74, 6) is 1.85. The quantitative estimate of drug-likeness (QED) is 0.571. The fourth-order valence-corrected chi connectivity index (χ4v) is 4.24. The van der Waals surface area contributed by atoms with Gasteiger partial charge in [-0.15, -0.1) is 21.5 Å². The first-order valence-corrected chi connectivity index (χ1v) is 9.66. The van der Waals surface area contributed by atoms with Crippen molar-refractivity contribution >= 4 is 23.1 Å². The van der Waals surface area contributed by atoms with Crippen LogP contribution in [0.2, 0.25) is 0 Å². The van der Waals surface area contributed by atoms with Crippen molar-refractivity contribution in [1.82, 2.24) is 14.8 Å². The highest BCUT2D eigenvalue weighted by Crippen LogP contribution is 2.35. The smallest absolute Gasteiger partial charge is 0.191 e. The molecule has 0 bridgehead atoms. The molecule has 0 spiro atoms. The molecule has 1 atom stereocenters. The fraction of sp³-hybridized carbons (Fsp3) is 0.333. The monoisotopic (exact) mass is 359 g/mol. The Labute approximate surface area is 150 Å². The van der Waals surface area contributed by atoms with Crippen molar-refractivity contribution < 1.29 is 4.74 Å². The maximum Gasteiger partial charge on any atom is 0.191 e. The lowest BCUT2D eigenvalue weighted by atomic mass is 10.1. The van der Waals surface area contributed by atoms with Gasteiger partial charge in [0.15, 0.2) is 5.16 Å². The van der Waals surface area contributed by atoms with Crippen LogP contribution in [0.1, 0.15) is 28.4 Å². The average molecular weight is 360 g/mol. The predicted octanol–water partition coefficient (Wildman–Crippen LogP) is 4.75. The van der Waals surface area contributed by atoms with E-state index in [0.717, 1.165) is 29.7 Å². The van der Waals surface area contributed by atoms with E-state index in [0.29, 0.717) is 0 Å². The number of hydrogen-bond acceptors (Lipinski definition) is 5. The van der Waals surface area contributed by atoms with E-state index in [1.165, 1.54) is 10.4 Å². The average Bonchev–Trinajstić information content (AvgIpc) is 3.23. The number of aryl methyl sites for hydroxylation is 2. The molecular weight excluding hydrogens is 338 g/mol. The van der Waals surface area contributed by atoms with Gasteiger partial charge in [-0.3, -0.25) is 0 Å². The summed E-state index contributed by atoms with van der Waals surface area (Å²) in [6, 6.07) is 12.5. The van der Waals surface area contributed by atoms with Gasteiger partial charge in [-0.25, -0.2) is 0 Å². The van der Waals surface area contributed by atoms with Crippen LogP contribution in [0.5, 0.6) is 5.75 Å². The van der Waals surface area contributed by atoms with Crippen molar-refractivity contribution in [1.29, 1.82) is 0 Å². The molecule has 0 fully saturated rings. The van der Waals surface area contributed by atoms with Crippen molar-refractivity contribution in [3.8, 4) is 5.75 Å². The van der Waals surface area contributed by atoms with Crippen LogP contribution in [-0.4, -0.2) is 21.9 Å². The van der Waals surface area contributed by atoms with Gasteiger partial charge < -0.3 is 9.30 Å². The summed E-state index contributed by atoms with van der Waals surface area (Å²) in [6.07, 6.45) is 1.01.